The van der Waals surface area contributed by atoms with Gasteiger partial charge in [-0.15, -0.1) is 0 Å². The van der Waals surface area contributed by atoms with Crippen LogP contribution in [0, 0.1) is 0 Å². The quantitative estimate of drug-likeness (QED) is 0.457. The minimum atomic E-state index is -0.620. The number of rotatable bonds is 13. The molecule has 0 radical (unpaired) electrons. The normalized spacial score (nSPS) is 13.3. The number of pyridine rings is 1. The molecule has 0 fully saturated rings. The first-order valence-corrected chi connectivity index (χ1v) is 11.9. The van der Waals surface area contributed by atoms with Gasteiger partial charge in [0, 0.05) is 50.6 Å². The van der Waals surface area contributed by atoms with Gasteiger partial charge in [0.15, 0.2) is 0 Å². The number of carbonyl (C=O) groups is 3. The molecule has 1 atom stereocenters. The highest BCUT2D eigenvalue weighted by Crippen LogP contribution is 2.26. The Kier molecular flexibility index (Phi) is 9.42. The standard InChI is InChI=1S/C26H34N4O3/c1-2-22(31)11-4-3-5-12-23(29-25(32)21-10-8-15-27-19-21)26(33)28-16-18-30-17-14-20-9-6-7-13-24(20)30/h6-10,13,15,19,23H,2-5,11-12,14,16-18H2,1H3,(H,28,33)(H,29,32)/t23-/m0/s1. The van der Waals surface area contributed by atoms with Crippen LogP contribution in [0.25, 0.3) is 0 Å². The van der Waals surface area contributed by atoms with Crippen molar-refractivity contribution >= 4 is 23.3 Å². The maximum atomic E-state index is 12.9. The number of benzene rings is 1. The van der Waals surface area contributed by atoms with Crippen molar-refractivity contribution in [2.24, 2.45) is 0 Å². The lowest BCUT2D eigenvalue weighted by atomic mass is 10.0. The average molecular weight is 451 g/mol. The molecule has 7 nitrogen and oxygen atoms in total. The van der Waals surface area contributed by atoms with Crippen LogP contribution in [0.4, 0.5) is 5.69 Å². The average Bonchev–Trinajstić information content (AvgIpc) is 3.26. The third kappa shape index (κ3) is 7.41. The lowest BCUT2D eigenvalue weighted by Gasteiger charge is -2.22. The summed E-state index contributed by atoms with van der Waals surface area (Å²) in [5.41, 5.74) is 3.00. The molecule has 0 aliphatic carbocycles. The van der Waals surface area contributed by atoms with E-state index < -0.39 is 6.04 Å². The number of Topliss-reactive ketones (excluding diaryl/α,β-unsaturated/α-hetero) is 1. The summed E-state index contributed by atoms with van der Waals surface area (Å²) in [6, 6.07) is 11.1. The van der Waals surface area contributed by atoms with Crippen molar-refractivity contribution in [3.8, 4) is 0 Å². The predicted molar refractivity (Wildman–Crippen MR) is 129 cm³/mol. The lowest BCUT2D eigenvalue weighted by Crippen LogP contribution is -2.48. The molecule has 1 aromatic heterocycles. The molecule has 0 unspecified atom stereocenters. The predicted octanol–water partition coefficient (Wildman–Crippen LogP) is 3.29. The van der Waals surface area contributed by atoms with E-state index in [1.807, 2.05) is 13.0 Å². The van der Waals surface area contributed by atoms with Gasteiger partial charge in [-0.2, -0.15) is 0 Å². The molecular formula is C26H34N4O3. The molecule has 2 aromatic rings. The highest BCUT2D eigenvalue weighted by Gasteiger charge is 2.22. The topological polar surface area (TPSA) is 91.4 Å². The molecule has 3 rings (SSSR count). The van der Waals surface area contributed by atoms with Crippen LogP contribution < -0.4 is 15.5 Å². The van der Waals surface area contributed by atoms with Crippen LogP contribution in [0.5, 0.6) is 0 Å². The Hall–Kier alpha value is -3.22. The molecule has 0 saturated carbocycles. The van der Waals surface area contributed by atoms with Crippen LogP contribution in [0.3, 0.4) is 0 Å². The second-order valence-electron chi connectivity index (χ2n) is 8.42. The van der Waals surface area contributed by atoms with Gasteiger partial charge >= 0.3 is 0 Å². The van der Waals surface area contributed by atoms with Gasteiger partial charge in [0.05, 0.1) is 5.56 Å². The lowest BCUT2D eigenvalue weighted by molar-refractivity contribution is -0.123. The summed E-state index contributed by atoms with van der Waals surface area (Å²) in [6.45, 7) is 4.06. The molecule has 2 amide bonds. The number of anilines is 1. The summed E-state index contributed by atoms with van der Waals surface area (Å²) in [4.78, 5) is 43.3. The third-order valence-electron chi connectivity index (χ3n) is 6.05. The van der Waals surface area contributed by atoms with Gasteiger partial charge in [0.2, 0.25) is 5.91 Å². The van der Waals surface area contributed by atoms with Crippen LogP contribution >= 0.6 is 0 Å². The molecule has 33 heavy (non-hydrogen) atoms. The van der Waals surface area contributed by atoms with Crippen LogP contribution in [-0.2, 0) is 16.0 Å². The van der Waals surface area contributed by atoms with E-state index in [1.54, 1.807) is 18.3 Å². The number of ketones is 1. The number of amides is 2. The summed E-state index contributed by atoms with van der Waals surface area (Å²) in [5, 5.41) is 5.87. The van der Waals surface area contributed by atoms with Crippen molar-refractivity contribution in [1.82, 2.24) is 15.6 Å². The third-order valence-corrected chi connectivity index (χ3v) is 6.05. The van der Waals surface area contributed by atoms with E-state index in [-0.39, 0.29) is 17.6 Å². The minimum absolute atomic E-state index is 0.177. The van der Waals surface area contributed by atoms with Gasteiger partial charge < -0.3 is 15.5 Å². The van der Waals surface area contributed by atoms with Crippen LogP contribution in [-0.4, -0.2) is 48.3 Å². The van der Waals surface area contributed by atoms with Crippen molar-refractivity contribution in [1.29, 1.82) is 0 Å². The molecule has 1 aromatic carbocycles. The fraction of sp³-hybridized carbons (Fsp3) is 0.462. The SMILES string of the molecule is CCC(=O)CCCCC[C@H](NC(=O)c1cccnc1)C(=O)NCCN1CCc2ccccc21. The molecular weight excluding hydrogens is 416 g/mol. The van der Waals surface area contributed by atoms with Gasteiger partial charge in [0.1, 0.15) is 11.8 Å². The Morgan fingerprint density at radius 2 is 1.94 bits per heavy atom. The molecule has 0 bridgehead atoms. The molecule has 7 heteroatoms. The van der Waals surface area contributed by atoms with Crippen LogP contribution in [0.1, 0.15) is 61.4 Å². The zero-order chi connectivity index (χ0) is 23.5. The zero-order valence-corrected chi connectivity index (χ0v) is 19.4. The van der Waals surface area contributed by atoms with Gasteiger partial charge in [-0.25, -0.2) is 0 Å². The first kappa shape index (κ1) is 24.4. The number of fused-ring (bicyclic) bond motifs is 1. The van der Waals surface area contributed by atoms with E-state index in [0.29, 0.717) is 31.4 Å². The summed E-state index contributed by atoms with van der Waals surface area (Å²) in [5.74, 6) is -0.222. The largest absolute Gasteiger partial charge is 0.369 e. The smallest absolute Gasteiger partial charge is 0.253 e. The van der Waals surface area contributed by atoms with E-state index in [2.05, 4.69) is 38.7 Å². The van der Waals surface area contributed by atoms with E-state index in [0.717, 1.165) is 38.8 Å². The van der Waals surface area contributed by atoms with Gasteiger partial charge in [-0.3, -0.25) is 19.4 Å². The van der Waals surface area contributed by atoms with Crippen LogP contribution in [0.2, 0.25) is 0 Å². The van der Waals surface area contributed by atoms with E-state index in [9.17, 15) is 14.4 Å². The van der Waals surface area contributed by atoms with Crippen molar-refractivity contribution in [2.45, 2.75) is 57.9 Å². The highest BCUT2D eigenvalue weighted by atomic mass is 16.2. The molecule has 0 spiro atoms. The number of hydrogen-bond acceptors (Lipinski definition) is 5. The second kappa shape index (κ2) is 12.7. The Bertz CT molecular complexity index is 932. The molecule has 2 heterocycles. The fourth-order valence-electron chi connectivity index (χ4n) is 4.11. The van der Waals surface area contributed by atoms with Gasteiger partial charge in [-0.1, -0.05) is 38.0 Å². The Morgan fingerprint density at radius 1 is 1.09 bits per heavy atom. The maximum absolute atomic E-state index is 12.9. The highest BCUT2D eigenvalue weighted by molar-refractivity contribution is 5.97. The van der Waals surface area contributed by atoms with E-state index >= 15 is 0 Å². The molecule has 2 N–H and O–H groups in total. The minimum Gasteiger partial charge on any atom is -0.369 e. The summed E-state index contributed by atoms with van der Waals surface area (Å²) in [7, 11) is 0. The van der Waals surface area contributed by atoms with E-state index in [1.165, 1.54) is 17.4 Å². The number of nitrogens with zero attached hydrogens (tertiary/aromatic N) is 2. The van der Waals surface area contributed by atoms with Crippen molar-refractivity contribution in [2.75, 3.05) is 24.5 Å². The molecule has 0 saturated heterocycles. The Morgan fingerprint density at radius 3 is 2.73 bits per heavy atom. The Balaban J connectivity index is 1.51. The first-order valence-electron chi connectivity index (χ1n) is 11.9. The Labute approximate surface area is 196 Å². The van der Waals surface area contributed by atoms with Crippen molar-refractivity contribution < 1.29 is 14.4 Å². The van der Waals surface area contributed by atoms with Gasteiger partial charge in [0.25, 0.3) is 5.91 Å². The first-order chi connectivity index (χ1) is 16.1. The summed E-state index contributed by atoms with van der Waals surface area (Å²) < 4.78 is 0. The number of carbonyl (C=O) groups excluding carboxylic acids is 3. The second-order valence-corrected chi connectivity index (χ2v) is 8.42. The van der Waals surface area contributed by atoms with E-state index in [4.69, 9.17) is 0 Å². The monoisotopic (exact) mass is 450 g/mol. The van der Waals surface area contributed by atoms with Gasteiger partial charge in [-0.05, 0) is 43.0 Å². The number of unbranched alkanes of at least 4 members (excludes halogenated alkanes) is 2. The fourth-order valence-corrected chi connectivity index (χ4v) is 4.11. The zero-order valence-electron chi connectivity index (χ0n) is 19.4. The number of nitrogens with one attached hydrogen (secondary N) is 2. The van der Waals surface area contributed by atoms with Crippen LogP contribution in [0.15, 0.2) is 48.8 Å². The molecule has 1 aliphatic heterocycles. The van der Waals surface area contributed by atoms with Crippen molar-refractivity contribution in [3.63, 3.8) is 0 Å². The maximum Gasteiger partial charge on any atom is 0.253 e. The summed E-state index contributed by atoms with van der Waals surface area (Å²) >= 11 is 0. The van der Waals surface area contributed by atoms with Crippen molar-refractivity contribution in [3.05, 3.63) is 59.9 Å². The number of hydrogen-bond donors (Lipinski definition) is 2. The summed E-state index contributed by atoms with van der Waals surface area (Å²) in [6.07, 6.45) is 8.22. The molecule has 176 valence electrons. The number of para-hydroxylation sites is 1. The number of aromatic nitrogens is 1. The molecule has 1 aliphatic rings.